The van der Waals surface area contributed by atoms with Gasteiger partial charge < -0.3 is 15.0 Å². The largest absolute Gasteiger partial charge is 0.494 e. The zero-order chi connectivity index (χ0) is 16.3. The van der Waals surface area contributed by atoms with Gasteiger partial charge >= 0.3 is 0 Å². The third-order valence-electron chi connectivity index (χ3n) is 3.81. The Bertz CT molecular complexity index is 557. The first-order valence-corrected chi connectivity index (χ1v) is 8.60. The van der Waals surface area contributed by atoms with Crippen molar-refractivity contribution < 1.29 is 4.74 Å². The van der Waals surface area contributed by atoms with E-state index in [9.17, 15) is 0 Å². The fourth-order valence-corrected chi connectivity index (χ4v) is 2.47. The second-order valence-corrected chi connectivity index (χ2v) is 5.57. The lowest BCUT2D eigenvalue weighted by molar-refractivity contribution is 0.309. The van der Waals surface area contributed by atoms with Crippen LogP contribution < -0.4 is 15.0 Å². The lowest BCUT2D eigenvalue weighted by Gasteiger charge is -2.23. The van der Waals surface area contributed by atoms with Crippen LogP contribution in [0.15, 0.2) is 54.6 Å². The van der Waals surface area contributed by atoms with Crippen LogP contribution >= 0.6 is 0 Å². The Labute approximate surface area is 140 Å². The predicted molar refractivity (Wildman–Crippen MR) is 99.7 cm³/mol. The number of hydrogen-bond donors (Lipinski definition) is 1. The molecule has 0 aromatic heterocycles. The van der Waals surface area contributed by atoms with Crippen LogP contribution in [0, 0.1) is 0 Å². The molecule has 0 radical (unpaired) electrons. The number of rotatable bonds is 10. The van der Waals surface area contributed by atoms with Crippen molar-refractivity contribution in [2.75, 3.05) is 36.5 Å². The van der Waals surface area contributed by atoms with E-state index in [0.29, 0.717) is 0 Å². The van der Waals surface area contributed by atoms with Gasteiger partial charge in [0.05, 0.1) is 6.61 Å². The maximum Gasteiger partial charge on any atom is 0.121 e. The summed E-state index contributed by atoms with van der Waals surface area (Å²) in [7, 11) is 0. The minimum Gasteiger partial charge on any atom is -0.494 e. The maximum absolute atomic E-state index is 5.75. The number of ether oxygens (including phenoxy) is 1. The third kappa shape index (κ3) is 5.85. The summed E-state index contributed by atoms with van der Waals surface area (Å²) < 4.78 is 5.75. The highest BCUT2D eigenvalue weighted by molar-refractivity contribution is 5.49. The minimum absolute atomic E-state index is 0.789. The molecule has 0 aliphatic heterocycles. The number of unbranched alkanes of at least 4 members (excludes halogenated alkanes) is 1. The van der Waals surface area contributed by atoms with E-state index in [2.05, 4.69) is 66.5 Å². The van der Waals surface area contributed by atoms with E-state index in [1.807, 2.05) is 12.1 Å². The Balaban J connectivity index is 1.82. The van der Waals surface area contributed by atoms with Gasteiger partial charge in [0.15, 0.2) is 0 Å². The molecule has 2 aromatic rings. The maximum atomic E-state index is 5.75. The molecular weight excluding hydrogens is 284 g/mol. The molecule has 2 rings (SSSR count). The van der Waals surface area contributed by atoms with Crippen LogP contribution in [-0.4, -0.2) is 26.2 Å². The molecule has 0 unspecified atom stereocenters. The number of hydrogen-bond acceptors (Lipinski definition) is 3. The fourth-order valence-electron chi connectivity index (χ4n) is 2.47. The zero-order valence-electron chi connectivity index (χ0n) is 14.3. The Morgan fingerprint density at radius 2 is 1.83 bits per heavy atom. The molecule has 0 heterocycles. The highest BCUT2D eigenvalue weighted by atomic mass is 16.5. The number of likely N-dealkylation sites (N-methyl/N-ethyl adjacent to an activating group) is 1. The van der Waals surface area contributed by atoms with E-state index in [4.69, 9.17) is 4.74 Å². The molecule has 23 heavy (non-hydrogen) atoms. The van der Waals surface area contributed by atoms with Crippen molar-refractivity contribution >= 4 is 11.4 Å². The van der Waals surface area contributed by atoms with E-state index in [-0.39, 0.29) is 0 Å². The minimum atomic E-state index is 0.789. The van der Waals surface area contributed by atoms with Crippen LogP contribution in [0.4, 0.5) is 11.4 Å². The van der Waals surface area contributed by atoms with Gasteiger partial charge in [-0.05, 0) is 37.6 Å². The second-order valence-electron chi connectivity index (χ2n) is 5.57. The quantitative estimate of drug-likeness (QED) is 0.638. The van der Waals surface area contributed by atoms with Gasteiger partial charge in [0, 0.05) is 37.1 Å². The monoisotopic (exact) mass is 312 g/mol. The molecule has 0 atom stereocenters. The molecule has 0 bridgehead atoms. The van der Waals surface area contributed by atoms with Gasteiger partial charge in [0.2, 0.25) is 0 Å². The van der Waals surface area contributed by atoms with Crippen LogP contribution in [0.5, 0.6) is 5.75 Å². The van der Waals surface area contributed by atoms with Crippen molar-refractivity contribution in [1.82, 2.24) is 0 Å². The summed E-state index contributed by atoms with van der Waals surface area (Å²) in [5.74, 6) is 0.943. The number of nitrogens with one attached hydrogen (secondary N) is 1. The topological polar surface area (TPSA) is 24.5 Å². The Hall–Kier alpha value is -2.16. The summed E-state index contributed by atoms with van der Waals surface area (Å²) in [5, 5.41) is 3.49. The van der Waals surface area contributed by atoms with Crippen LogP contribution in [0.3, 0.4) is 0 Å². The number of benzene rings is 2. The Kier molecular flexibility index (Phi) is 7.31. The van der Waals surface area contributed by atoms with E-state index in [1.165, 1.54) is 5.69 Å². The lowest BCUT2D eigenvalue weighted by Crippen LogP contribution is -2.28. The average molecular weight is 312 g/mol. The van der Waals surface area contributed by atoms with Crippen molar-refractivity contribution in [3.05, 3.63) is 54.6 Å². The van der Waals surface area contributed by atoms with Crippen LogP contribution in [0.1, 0.15) is 26.7 Å². The Morgan fingerprint density at radius 3 is 2.57 bits per heavy atom. The molecule has 0 spiro atoms. The summed E-state index contributed by atoms with van der Waals surface area (Å²) in [4.78, 5) is 2.37. The van der Waals surface area contributed by atoms with Crippen LogP contribution in [-0.2, 0) is 0 Å². The number of para-hydroxylation sites is 1. The first-order valence-electron chi connectivity index (χ1n) is 8.60. The van der Waals surface area contributed by atoms with E-state index >= 15 is 0 Å². The van der Waals surface area contributed by atoms with Gasteiger partial charge in [-0.3, -0.25) is 0 Å². The highest BCUT2D eigenvalue weighted by Gasteiger charge is 2.03. The van der Waals surface area contributed by atoms with Crippen LogP contribution in [0.2, 0.25) is 0 Å². The van der Waals surface area contributed by atoms with Crippen molar-refractivity contribution in [3.8, 4) is 5.75 Å². The molecule has 2 aromatic carbocycles. The van der Waals surface area contributed by atoms with Gasteiger partial charge in [0.25, 0.3) is 0 Å². The summed E-state index contributed by atoms with van der Waals surface area (Å²) in [5.41, 5.74) is 2.39. The average Bonchev–Trinajstić information content (AvgIpc) is 2.60. The van der Waals surface area contributed by atoms with Crippen molar-refractivity contribution in [2.24, 2.45) is 0 Å². The fraction of sp³-hybridized carbons (Fsp3) is 0.400. The molecule has 124 valence electrons. The van der Waals surface area contributed by atoms with Crippen molar-refractivity contribution in [3.63, 3.8) is 0 Å². The zero-order valence-corrected chi connectivity index (χ0v) is 14.3. The van der Waals surface area contributed by atoms with Gasteiger partial charge in [-0.15, -0.1) is 0 Å². The van der Waals surface area contributed by atoms with Gasteiger partial charge in [-0.25, -0.2) is 0 Å². The molecule has 0 amide bonds. The summed E-state index contributed by atoms with van der Waals surface area (Å²) in [6, 6.07) is 18.8. The molecular formula is C20H28N2O. The third-order valence-corrected chi connectivity index (χ3v) is 3.81. The molecule has 0 saturated heterocycles. The molecule has 3 heteroatoms. The highest BCUT2D eigenvalue weighted by Crippen LogP contribution is 2.18. The van der Waals surface area contributed by atoms with E-state index < -0.39 is 0 Å². The molecule has 0 aliphatic rings. The first kappa shape index (κ1) is 17.2. The second kappa shape index (κ2) is 9.78. The van der Waals surface area contributed by atoms with Crippen molar-refractivity contribution in [1.29, 1.82) is 0 Å². The molecule has 1 N–H and O–H groups in total. The summed E-state index contributed by atoms with van der Waals surface area (Å²) in [6.45, 7) is 8.04. The predicted octanol–water partition coefficient (Wildman–Crippen LogP) is 4.80. The molecule has 0 fully saturated rings. The lowest BCUT2D eigenvalue weighted by atomic mass is 10.2. The Morgan fingerprint density at radius 1 is 1.00 bits per heavy atom. The first-order chi connectivity index (χ1) is 11.3. The molecule has 0 aliphatic carbocycles. The van der Waals surface area contributed by atoms with E-state index in [1.54, 1.807) is 0 Å². The molecule has 3 nitrogen and oxygen atoms in total. The van der Waals surface area contributed by atoms with Gasteiger partial charge in [-0.1, -0.05) is 37.6 Å². The standard InChI is InChI=1S/C20H28N2O/c1-3-5-16-23-20-13-9-10-18(17-20)21-14-15-22(4-2)19-11-7-6-8-12-19/h6-13,17,21H,3-5,14-16H2,1-2H3. The normalized spacial score (nSPS) is 10.3. The summed E-state index contributed by atoms with van der Waals surface area (Å²) >= 11 is 0. The van der Waals surface area contributed by atoms with Crippen LogP contribution in [0.25, 0.3) is 0 Å². The van der Waals surface area contributed by atoms with Gasteiger partial charge in [0.1, 0.15) is 5.75 Å². The van der Waals surface area contributed by atoms with E-state index in [0.717, 1.165) is 50.5 Å². The van der Waals surface area contributed by atoms with Gasteiger partial charge in [-0.2, -0.15) is 0 Å². The SMILES string of the molecule is CCCCOc1cccc(NCCN(CC)c2ccccc2)c1. The number of nitrogens with zero attached hydrogens (tertiary/aromatic N) is 1. The smallest absolute Gasteiger partial charge is 0.121 e. The summed E-state index contributed by atoms with van der Waals surface area (Å²) in [6.07, 6.45) is 2.25. The molecule has 0 saturated carbocycles. The number of anilines is 2. The van der Waals surface area contributed by atoms with Crippen molar-refractivity contribution in [2.45, 2.75) is 26.7 Å².